The number of hydrogen-bond donors (Lipinski definition) is 5. The number of carbonyl (C=O) groups is 3. The highest BCUT2D eigenvalue weighted by Gasteiger charge is 2.27. The van der Waals surface area contributed by atoms with Gasteiger partial charge in [0, 0.05) is 6.42 Å². The lowest BCUT2D eigenvalue weighted by Crippen LogP contribution is -2.53. The zero-order valence-corrected chi connectivity index (χ0v) is 14.4. The number of benzene rings is 1. The van der Waals surface area contributed by atoms with Gasteiger partial charge in [0.25, 0.3) is 0 Å². The van der Waals surface area contributed by atoms with Crippen molar-refractivity contribution in [3.63, 3.8) is 0 Å². The lowest BCUT2D eigenvalue weighted by atomic mass is 10.0. The lowest BCUT2D eigenvalue weighted by molar-refractivity contribution is -0.142. The highest BCUT2D eigenvalue weighted by molar-refractivity contribution is 5.91. The number of amides is 2. The van der Waals surface area contributed by atoms with Gasteiger partial charge in [-0.15, -0.1) is 0 Å². The maximum Gasteiger partial charge on any atom is 0.326 e. The van der Waals surface area contributed by atoms with E-state index in [2.05, 4.69) is 10.6 Å². The van der Waals surface area contributed by atoms with E-state index in [-0.39, 0.29) is 31.1 Å². The number of phenols is 1. The van der Waals surface area contributed by atoms with Crippen molar-refractivity contribution in [2.45, 2.75) is 38.8 Å². The van der Waals surface area contributed by atoms with Gasteiger partial charge in [-0.25, -0.2) is 4.79 Å². The molecule has 8 heteroatoms. The average Bonchev–Trinajstić information content (AvgIpc) is 2.54. The normalized spacial score (nSPS) is 13.1. The van der Waals surface area contributed by atoms with Crippen molar-refractivity contribution >= 4 is 17.8 Å². The van der Waals surface area contributed by atoms with E-state index in [9.17, 15) is 24.6 Å². The van der Waals surface area contributed by atoms with Crippen LogP contribution in [0.5, 0.6) is 5.75 Å². The van der Waals surface area contributed by atoms with Crippen LogP contribution in [0, 0.1) is 5.92 Å². The molecule has 2 unspecified atom stereocenters. The summed E-state index contributed by atoms with van der Waals surface area (Å²) in [5.41, 5.74) is 5.98. The Morgan fingerprint density at radius 1 is 1.08 bits per heavy atom. The summed E-state index contributed by atoms with van der Waals surface area (Å²) in [6.45, 7) is 3.42. The van der Waals surface area contributed by atoms with E-state index in [0.717, 1.165) is 0 Å². The van der Waals surface area contributed by atoms with Crippen LogP contribution in [0.3, 0.4) is 0 Å². The number of hydrogen-bond acceptors (Lipinski definition) is 5. The van der Waals surface area contributed by atoms with Crippen LogP contribution in [0.2, 0.25) is 0 Å². The van der Waals surface area contributed by atoms with Crippen molar-refractivity contribution in [3.8, 4) is 5.75 Å². The molecule has 0 bridgehead atoms. The van der Waals surface area contributed by atoms with Gasteiger partial charge < -0.3 is 26.6 Å². The molecule has 0 radical (unpaired) electrons. The van der Waals surface area contributed by atoms with Gasteiger partial charge in [0.05, 0.1) is 6.54 Å². The molecule has 0 saturated carbocycles. The summed E-state index contributed by atoms with van der Waals surface area (Å²) in [5, 5.41) is 23.5. The van der Waals surface area contributed by atoms with Crippen molar-refractivity contribution in [3.05, 3.63) is 29.8 Å². The first-order valence-electron chi connectivity index (χ1n) is 8.03. The standard InChI is InChI=1S/C17H25N3O5/c1-10(2)7-14(17(24)25)20-16(23)13(19-15(22)9-18)8-11-3-5-12(21)6-4-11/h3-6,10,13-14,21H,7-9,18H2,1-2H3,(H,19,22)(H,20,23)(H,24,25). The second-order valence-corrected chi connectivity index (χ2v) is 6.22. The fourth-order valence-electron chi connectivity index (χ4n) is 2.30. The number of rotatable bonds is 9. The van der Waals surface area contributed by atoms with Crippen LogP contribution in [-0.2, 0) is 20.8 Å². The van der Waals surface area contributed by atoms with E-state index in [1.807, 2.05) is 13.8 Å². The number of nitrogens with two attached hydrogens (primary N) is 1. The Bertz CT molecular complexity index is 601. The van der Waals surface area contributed by atoms with Gasteiger partial charge in [0.1, 0.15) is 17.8 Å². The molecular weight excluding hydrogens is 326 g/mol. The SMILES string of the molecule is CC(C)CC(NC(=O)C(Cc1ccc(O)cc1)NC(=O)CN)C(=O)O. The molecule has 2 atom stereocenters. The molecule has 0 spiro atoms. The predicted molar refractivity (Wildman–Crippen MR) is 91.8 cm³/mol. The number of aliphatic carboxylic acids is 1. The summed E-state index contributed by atoms with van der Waals surface area (Å²) in [4.78, 5) is 35.4. The van der Waals surface area contributed by atoms with Crippen LogP contribution in [0.25, 0.3) is 0 Å². The van der Waals surface area contributed by atoms with E-state index in [1.54, 1.807) is 12.1 Å². The Hall–Kier alpha value is -2.61. The Balaban J connectivity index is 2.89. The second kappa shape index (κ2) is 9.63. The minimum atomic E-state index is -1.13. The van der Waals surface area contributed by atoms with E-state index >= 15 is 0 Å². The van der Waals surface area contributed by atoms with Crippen LogP contribution in [0.4, 0.5) is 0 Å². The number of carbonyl (C=O) groups excluding carboxylic acids is 2. The van der Waals surface area contributed by atoms with E-state index in [1.165, 1.54) is 12.1 Å². The first kappa shape index (κ1) is 20.4. The number of aromatic hydroxyl groups is 1. The molecule has 8 nitrogen and oxygen atoms in total. The number of carboxylic acid groups (broad SMARTS) is 1. The molecular formula is C17H25N3O5. The molecule has 0 aliphatic carbocycles. The monoisotopic (exact) mass is 351 g/mol. The van der Waals surface area contributed by atoms with Crippen molar-refractivity contribution in [1.29, 1.82) is 0 Å². The van der Waals surface area contributed by atoms with Crippen LogP contribution < -0.4 is 16.4 Å². The first-order valence-corrected chi connectivity index (χ1v) is 8.03. The van der Waals surface area contributed by atoms with Gasteiger partial charge in [-0.3, -0.25) is 9.59 Å². The number of nitrogens with one attached hydrogen (secondary N) is 2. The quantitative estimate of drug-likeness (QED) is 0.424. The zero-order valence-electron chi connectivity index (χ0n) is 14.4. The summed E-state index contributed by atoms with van der Waals surface area (Å²) in [6, 6.07) is 4.17. The van der Waals surface area contributed by atoms with E-state index in [4.69, 9.17) is 5.73 Å². The lowest BCUT2D eigenvalue weighted by Gasteiger charge is -2.22. The van der Waals surface area contributed by atoms with Gasteiger partial charge in [0.15, 0.2) is 0 Å². The predicted octanol–water partition coefficient (Wildman–Crippen LogP) is -0.00630. The first-order chi connectivity index (χ1) is 11.7. The Labute approximate surface area is 146 Å². The molecule has 1 aromatic rings. The zero-order chi connectivity index (χ0) is 19.0. The fourth-order valence-corrected chi connectivity index (χ4v) is 2.30. The average molecular weight is 351 g/mol. The molecule has 1 aromatic carbocycles. The van der Waals surface area contributed by atoms with Crippen molar-refractivity contribution in [2.24, 2.45) is 11.7 Å². The summed E-state index contributed by atoms with van der Waals surface area (Å²) in [7, 11) is 0. The fraction of sp³-hybridized carbons (Fsp3) is 0.471. The molecule has 1 rings (SSSR count). The summed E-state index contributed by atoms with van der Waals surface area (Å²) in [6.07, 6.45) is 0.420. The van der Waals surface area contributed by atoms with E-state index in [0.29, 0.717) is 5.56 Å². The third kappa shape index (κ3) is 7.21. The van der Waals surface area contributed by atoms with Gasteiger partial charge in [-0.2, -0.15) is 0 Å². The maximum absolute atomic E-state index is 12.5. The van der Waals surface area contributed by atoms with Crippen LogP contribution >= 0.6 is 0 Å². The van der Waals surface area contributed by atoms with Gasteiger partial charge in [-0.1, -0.05) is 26.0 Å². The molecule has 0 heterocycles. The van der Waals surface area contributed by atoms with E-state index < -0.39 is 29.9 Å². The number of carboxylic acids is 1. The van der Waals surface area contributed by atoms with Crippen LogP contribution in [-0.4, -0.2) is 46.6 Å². The van der Waals surface area contributed by atoms with Crippen molar-refractivity contribution in [2.75, 3.05) is 6.54 Å². The molecule has 0 aliphatic rings. The molecule has 138 valence electrons. The van der Waals surface area contributed by atoms with Crippen LogP contribution in [0.15, 0.2) is 24.3 Å². The minimum absolute atomic E-state index is 0.0792. The summed E-state index contributed by atoms with van der Waals surface area (Å²) in [5.74, 6) is -2.08. The third-order valence-electron chi connectivity index (χ3n) is 3.53. The maximum atomic E-state index is 12.5. The third-order valence-corrected chi connectivity index (χ3v) is 3.53. The van der Waals surface area contributed by atoms with Gasteiger partial charge in [0.2, 0.25) is 11.8 Å². The van der Waals surface area contributed by atoms with Gasteiger partial charge >= 0.3 is 5.97 Å². The molecule has 0 aromatic heterocycles. The molecule has 25 heavy (non-hydrogen) atoms. The molecule has 6 N–H and O–H groups in total. The Morgan fingerprint density at radius 3 is 2.16 bits per heavy atom. The van der Waals surface area contributed by atoms with Crippen LogP contribution in [0.1, 0.15) is 25.8 Å². The molecule has 0 saturated heterocycles. The summed E-state index contributed by atoms with van der Waals surface area (Å²) < 4.78 is 0. The second-order valence-electron chi connectivity index (χ2n) is 6.22. The highest BCUT2D eigenvalue weighted by Crippen LogP contribution is 2.12. The van der Waals surface area contributed by atoms with Crippen molar-refractivity contribution in [1.82, 2.24) is 10.6 Å². The summed E-state index contributed by atoms with van der Waals surface area (Å²) >= 11 is 0. The number of phenolic OH excluding ortho intramolecular Hbond substituents is 1. The minimum Gasteiger partial charge on any atom is -0.508 e. The highest BCUT2D eigenvalue weighted by atomic mass is 16.4. The van der Waals surface area contributed by atoms with Crippen molar-refractivity contribution < 1.29 is 24.6 Å². The smallest absolute Gasteiger partial charge is 0.326 e. The van der Waals surface area contributed by atoms with Gasteiger partial charge in [-0.05, 0) is 30.0 Å². The Morgan fingerprint density at radius 2 is 1.68 bits per heavy atom. The molecule has 2 amide bonds. The Kier molecular flexibility index (Phi) is 7.87. The topological polar surface area (TPSA) is 142 Å². The largest absolute Gasteiger partial charge is 0.508 e. The molecule has 0 fully saturated rings. The molecule has 0 aliphatic heterocycles.